The lowest BCUT2D eigenvalue weighted by molar-refractivity contribution is 0.259. The van der Waals surface area contributed by atoms with Gasteiger partial charge in [0, 0.05) is 4.88 Å². The van der Waals surface area contributed by atoms with Crippen LogP contribution < -0.4 is 5.32 Å². The zero-order valence-corrected chi connectivity index (χ0v) is 14.2. The molecule has 1 atom stereocenters. The molecule has 2 N–H and O–H groups in total. The number of anilines is 1. The molecule has 2 aromatic heterocycles. The Balaban J connectivity index is 1.94. The van der Waals surface area contributed by atoms with Crippen molar-refractivity contribution in [1.82, 2.24) is 9.97 Å². The molecule has 0 bridgehead atoms. The topological polar surface area (TPSA) is 58.0 Å². The molecule has 3 rings (SSSR count). The number of hydrogen-bond donors (Lipinski definition) is 2. The maximum Gasteiger partial charge on any atom is 0.138 e. The molecule has 0 aliphatic heterocycles. The van der Waals surface area contributed by atoms with Crippen LogP contribution in [0.4, 0.5) is 5.82 Å². The summed E-state index contributed by atoms with van der Waals surface area (Å²) in [5.41, 5.74) is 1.18. The van der Waals surface area contributed by atoms with Gasteiger partial charge in [0.25, 0.3) is 0 Å². The average Bonchev–Trinajstić information content (AvgIpc) is 3.00. The molecule has 23 heavy (non-hydrogen) atoms. The molecule has 0 saturated carbocycles. The molecule has 0 radical (unpaired) electrons. The van der Waals surface area contributed by atoms with E-state index in [0.717, 1.165) is 22.5 Å². The van der Waals surface area contributed by atoms with Crippen LogP contribution in [0.2, 0.25) is 0 Å². The number of nitrogens with zero attached hydrogens (tertiary/aromatic N) is 2. The van der Waals surface area contributed by atoms with E-state index in [-0.39, 0.29) is 12.6 Å². The Morgan fingerprint density at radius 1 is 1.17 bits per heavy atom. The Kier molecular flexibility index (Phi) is 4.88. The summed E-state index contributed by atoms with van der Waals surface area (Å²) in [6.07, 6.45) is 2.48. The predicted molar refractivity (Wildman–Crippen MR) is 96.8 cm³/mol. The van der Waals surface area contributed by atoms with Crippen molar-refractivity contribution < 1.29 is 5.11 Å². The van der Waals surface area contributed by atoms with Gasteiger partial charge in [-0.3, -0.25) is 0 Å². The van der Waals surface area contributed by atoms with Gasteiger partial charge in [0.05, 0.1) is 18.0 Å². The zero-order chi connectivity index (χ0) is 16.2. The fraction of sp³-hybridized carbons (Fsp3) is 0.333. The second-order valence-corrected chi connectivity index (χ2v) is 7.10. The summed E-state index contributed by atoms with van der Waals surface area (Å²) in [6.45, 7) is 4.40. The minimum absolute atomic E-state index is 0.00757. The van der Waals surface area contributed by atoms with Gasteiger partial charge in [-0.2, -0.15) is 0 Å². The van der Waals surface area contributed by atoms with Gasteiger partial charge in [-0.05, 0) is 24.0 Å². The van der Waals surface area contributed by atoms with Gasteiger partial charge >= 0.3 is 0 Å². The summed E-state index contributed by atoms with van der Waals surface area (Å²) >= 11 is 1.66. The smallest absolute Gasteiger partial charge is 0.138 e. The number of nitrogens with one attached hydrogen (secondary N) is 1. The lowest BCUT2D eigenvalue weighted by Gasteiger charge is -2.19. The lowest BCUT2D eigenvalue weighted by atomic mass is 10.0. The van der Waals surface area contributed by atoms with E-state index in [1.807, 2.05) is 18.2 Å². The highest BCUT2D eigenvalue weighted by molar-refractivity contribution is 7.21. The summed E-state index contributed by atoms with van der Waals surface area (Å²) in [6, 6.07) is 12.4. The van der Waals surface area contributed by atoms with Crippen LogP contribution in [-0.2, 0) is 0 Å². The van der Waals surface area contributed by atoms with Gasteiger partial charge in [-0.1, -0.05) is 44.2 Å². The second kappa shape index (κ2) is 7.06. The van der Waals surface area contributed by atoms with Crippen LogP contribution >= 0.6 is 11.3 Å². The Morgan fingerprint density at radius 2 is 1.96 bits per heavy atom. The van der Waals surface area contributed by atoms with E-state index < -0.39 is 0 Å². The van der Waals surface area contributed by atoms with Gasteiger partial charge < -0.3 is 10.4 Å². The van der Waals surface area contributed by atoms with E-state index in [1.165, 1.54) is 10.4 Å². The first kappa shape index (κ1) is 15.9. The lowest BCUT2D eigenvalue weighted by Crippen LogP contribution is -2.26. The minimum atomic E-state index is 0.00757. The van der Waals surface area contributed by atoms with Crippen molar-refractivity contribution >= 4 is 27.4 Å². The minimum Gasteiger partial charge on any atom is -0.394 e. The molecule has 0 amide bonds. The number of hydrogen-bond acceptors (Lipinski definition) is 5. The van der Waals surface area contributed by atoms with Gasteiger partial charge in [-0.25, -0.2) is 9.97 Å². The summed E-state index contributed by atoms with van der Waals surface area (Å²) in [5, 5.41) is 14.0. The molecule has 3 aromatic rings. The van der Waals surface area contributed by atoms with E-state index in [4.69, 9.17) is 0 Å². The van der Waals surface area contributed by atoms with Gasteiger partial charge in [-0.15, -0.1) is 11.3 Å². The van der Waals surface area contributed by atoms with E-state index >= 15 is 0 Å². The van der Waals surface area contributed by atoms with E-state index in [0.29, 0.717) is 5.92 Å². The van der Waals surface area contributed by atoms with Gasteiger partial charge in [0.15, 0.2) is 0 Å². The average molecular weight is 327 g/mol. The molecule has 0 saturated heterocycles. The summed E-state index contributed by atoms with van der Waals surface area (Å²) in [5.74, 6) is 1.31. The van der Waals surface area contributed by atoms with Crippen molar-refractivity contribution in [3.63, 3.8) is 0 Å². The maximum atomic E-state index is 9.59. The molecule has 0 aliphatic rings. The van der Waals surface area contributed by atoms with Crippen LogP contribution in [0.3, 0.4) is 0 Å². The fourth-order valence-corrected chi connectivity index (χ4v) is 3.66. The number of aromatic nitrogens is 2. The SMILES string of the molecule is CC(C)CC(CO)Nc1ncnc2sc(-c3ccccc3)cc12. The summed E-state index contributed by atoms with van der Waals surface area (Å²) in [7, 11) is 0. The normalized spacial score (nSPS) is 12.7. The van der Waals surface area contributed by atoms with Crippen LogP contribution in [0.15, 0.2) is 42.7 Å². The van der Waals surface area contributed by atoms with Crippen molar-refractivity contribution in [2.75, 3.05) is 11.9 Å². The van der Waals surface area contributed by atoms with Crippen molar-refractivity contribution in [2.45, 2.75) is 26.3 Å². The van der Waals surface area contributed by atoms with E-state index in [9.17, 15) is 5.11 Å². The Bertz CT molecular complexity index is 770. The van der Waals surface area contributed by atoms with Crippen LogP contribution in [0.5, 0.6) is 0 Å². The van der Waals surface area contributed by atoms with Gasteiger partial charge in [0.1, 0.15) is 17.0 Å². The molecular formula is C18H21N3OS. The molecule has 5 heteroatoms. The zero-order valence-electron chi connectivity index (χ0n) is 13.4. The first-order valence-electron chi connectivity index (χ1n) is 7.84. The standard InChI is InChI=1S/C18H21N3OS/c1-12(2)8-14(10-22)21-17-15-9-16(13-6-4-3-5-7-13)23-18(15)20-11-19-17/h3-7,9,11-12,14,22H,8,10H2,1-2H3,(H,19,20,21). The first-order valence-corrected chi connectivity index (χ1v) is 8.66. The number of thiophene rings is 1. The van der Waals surface area contributed by atoms with E-state index in [1.54, 1.807) is 17.7 Å². The molecule has 4 nitrogen and oxygen atoms in total. The Labute approximate surface area is 140 Å². The highest BCUT2D eigenvalue weighted by Crippen LogP contribution is 2.35. The Morgan fingerprint density at radius 3 is 2.65 bits per heavy atom. The van der Waals surface area contributed by atoms with Crippen LogP contribution in [0.1, 0.15) is 20.3 Å². The van der Waals surface area contributed by atoms with Crippen molar-refractivity contribution in [3.05, 3.63) is 42.7 Å². The third-order valence-corrected chi connectivity index (χ3v) is 4.80. The van der Waals surface area contributed by atoms with Gasteiger partial charge in [0.2, 0.25) is 0 Å². The highest BCUT2D eigenvalue weighted by Gasteiger charge is 2.14. The van der Waals surface area contributed by atoms with Crippen LogP contribution in [0, 0.1) is 5.92 Å². The third-order valence-electron chi connectivity index (χ3n) is 3.70. The number of rotatable bonds is 6. The summed E-state index contributed by atoms with van der Waals surface area (Å²) in [4.78, 5) is 10.9. The molecule has 0 spiro atoms. The fourth-order valence-electron chi connectivity index (χ4n) is 2.66. The second-order valence-electron chi connectivity index (χ2n) is 6.07. The summed E-state index contributed by atoms with van der Waals surface area (Å²) < 4.78 is 0. The molecule has 2 heterocycles. The number of benzene rings is 1. The number of aliphatic hydroxyl groups is 1. The number of fused-ring (bicyclic) bond motifs is 1. The molecule has 1 aromatic carbocycles. The van der Waals surface area contributed by atoms with E-state index in [2.05, 4.69) is 47.3 Å². The molecule has 120 valence electrons. The predicted octanol–water partition coefficient (Wildman–Crippen LogP) is 4.18. The largest absolute Gasteiger partial charge is 0.394 e. The van der Waals surface area contributed by atoms with Crippen LogP contribution in [-0.4, -0.2) is 27.7 Å². The first-order chi connectivity index (χ1) is 11.2. The quantitative estimate of drug-likeness (QED) is 0.713. The third kappa shape index (κ3) is 3.68. The monoisotopic (exact) mass is 327 g/mol. The van der Waals surface area contributed by atoms with Crippen molar-refractivity contribution in [3.8, 4) is 10.4 Å². The van der Waals surface area contributed by atoms with Crippen molar-refractivity contribution in [2.24, 2.45) is 5.92 Å². The molecule has 1 unspecified atom stereocenters. The molecule has 0 aliphatic carbocycles. The van der Waals surface area contributed by atoms with Crippen molar-refractivity contribution in [1.29, 1.82) is 0 Å². The van der Waals surface area contributed by atoms with Crippen LogP contribution in [0.25, 0.3) is 20.7 Å². The maximum absolute atomic E-state index is 9.59. The Hall–Kier alpha value is -1.98. The highest BCUT2D eigenvalue weighted by atomic mass is 32.1. The number of aliphatic hydroxyl groups excluding tert-OH is 1. The molecule has 0 fully saturated rings. The molecular weight excluding hydrogens is 306 g/mol.